The molecule has 0 saturated carbocycles. The average molecular weight is 339 g/mol. The van der Waals surface area contributed by atoms with Gasteiger partial charge in [0.2, 0.25) is 0 Å². The van der Waals surface area contributed by atoms with Gasteiger partial charge in [0.25, 0.3) is 0 Å². The summed E-state index contributed by atoms with van der Waals surface area (Å²) in [7, 11) is 1.33. The number of aryl methyl sites for hydroxylation is 1. The summed E-state index contributed by atoms with van der Waals surface area (Å²) >= 11 is 0. The molecule has 3 rings (SSSR count). The van der Waals surface area contributed by atoms with Gasteiger partial charge in [0, 0.05) is 5.39 Å². The van der Waals surface area contributed by atoms with Crippen LogP contribution in [0.2, 0.25) is 0 Å². The quantitative estimate of drug-likeness (QED) is 0.613. The highest BCUT2D eigenvalue weighted by molar-refractivity contribution is 5.98. The van der Waals surface area contributed by atoms with Gasteiger partial charge in [0.15, 0.2) is 0 Å². The van der Waals surface area contributed by atoms with E-state index in [9.17, 15) is 9.59 Å². The first-order valence-electron chi connectivity index (χ1n) is 8.39. The zero-order valence-electron chi connectivity index (χ0n) is 14.5. The van der Waals surface area contributed by atoms with Crippen molar-refractivity contribution in [2.75, 3.05) is 7.11 Å². The van der Waals surface area contributed by atoms with E-state index in [1.165, 1.54) is 7.11 Å². The van der Waals surface area contributed by atoms with Crippen molar-refractivity contribution in [3.63, 3.8) is 0 Å². The number of hydrogen-bond acceptors (Lipinski definition) is 5. The first-order valence-corrected chi connectivity index (χ1v) is 8.39. The molecule has 0 unspecified atom stereocenters. The summed E-state index contributed by atoms with van der Waals surface area (Å²) in [6.07, 6.45) is 6.49. The second kappa shape index (κ2) is 7.47. The van der Waals surface area contributed by atoms with Crippen LogP contribution in [0.3, 0.4) is 0 Å². The lowest BCUT2D eigenvalue weighted by molar-refractivity contribution is -0.145. The van der Waals surface area contributed by atoms with E-state index in [4.69, 9.17) is 9.47 Å². The summed E-state index contributed by atoms with van der Waals surface area (Å²) in [5.74, 6) is -0.501. The molecule has 0 N–H and O–H groups in total. The minimum absolute atomic E-state index is 0.0363. The fraction of sp³-hybridized carbons (Fsp3) is 0.350. The van der Waals surface area contributed by atoms with Gasteiger partial charge in [-0.25, -0.2) is 9.78 Å². The number of hydrogen-bond donors (Lipinski definition) is 0. The maximum absolute atomic E-state index is 12.2. The number of carbonyl (C=O) groups excluding carboxylic acids is 2. The van der Waals surface area contributed by atoms with Gasteiger partial charge < -0.3 is 9.47 Å². The Bertz CT molecular complexity index is 841. The SMILES string of the molecule is COC(=O)c1c(COC(=O)C[C@H]2C=CCC2)nc2ccccc2c1C. The summed E-state index contributed by atoms with van der Waals surface area (Å²) < 4.78 is 10.3. The van der Waals surface area contributed by atoms with Crippen molar-refractivity contribution in [3.05, 3.63) is 53.2 Å². The number of fused-ring (bicyclic) bond motifs is 1. The van der Waals surface area contributed by atoms with Crippen LogP contribution >= 0.6 is 0 Å². The second-order valence-corrected chi connectivity index (χ2v) is 6.20. The molecular weight excluding hydrogens is 318 g/mol. The number of pyridine rings is 1. The number of ether oxygens (including phenoxy) is 2. The van der Waals surface area contributed by atoms with Crippen LogP contribution in [0.5, 0.6) is 0 Å². The molecule has 5 heteroatoms. The molecule has 1 heterocycles. The lowest BCUT2D eigenvalue weighted by Gasteiger charge is -2.14. The molecule has 0 amide bonds. The Morgan fingerprint density at radius 3 is 2.80 bits per heavy atom. The van der Waals surface area contributed by atoms with Crippen molar-refractivity contribution < 1.29 is 19.1 Å². The highest BCUT2D eigenvalue weighted by Crippen LogP contribution is 2.25. The maximum atomic E-state index is 12.2. The number of benzene rings is 1. The fourth-order valence-corrected chi connectivity index (χ4v) is 3.21. The first kappa shape index (κ1) is 17.1. The molecule has 1 aromatic heterocycles. The zero-order valence-corrected chi connectivity index (χ0v) is 14.5. The largest absolute Gasteiger partial charge is 0.465 e. The predicted molar refractivity (Wildman–Crippen MR) is 94.1 cm³/mol. The van der Waals surface area contributed by atoms with Gasteiger partial charge in [-0.15, -0.1) is 0 Å². The van der Waals surface area contributed by atoms with Gasteiger partial charge in [-0.3, -0.25) is 4.79 Å². The molecule has 0 aliphatic heterocycles. The summed E-state index contributed by atoms with van der Waals surface area (Å²) in [5, 5.41) is 0.883. The third-order valence-corrected chi connectivity index (χ3v) is 4.53. The lowest BCUT2D eigenvalue weighted by Crippen LogP contribution is -2.15. The molecule has 1 atom stereocenters. The van der Waals surface area contributed by atoms with E-state index in [-0.39, 0.29) is 18.5 Å². The van der Waals surface area contributed by atoms with Gasteiger partial charge in [-0.1, -0.05) is 30.4 Å². The third-order valence-electron chi connectivity index (χ3n) is 4.53. The van der Waals surface area contributed by atoms with Crippen LogP contribution in [0.15, 0.2) is 36.4 Å². The third kappa shape index (κ3) is 3.71. The van der Waals surface area contributed by atoms with Crippen molar-refractivity contribution in [1.82, 2.24) is 4.98 Å². The summed E-state index contributed by atoms with van der Waals surface area (Å²) in [5.41, 5.74) is 2.34. The number of carbonyl (C=O) groups is 2. The molecular formula is C20H21NO4. The Morgan fingerprint density at radius 1 is 1.28 bits per heavy atom. The first-order chi connectivity index (χ1) is 12.1. The number of allylic oxidation sites excluding steroid dienone is 2. The van der Waals surface area contributed by atoms with E-state index in [1.54, 1.807) is 0 Å². The number of methoxy groups -OCH3 is 1. The number of para-hydroxylation sites is 1. The standard InChI is InChI=1S/C20H21NO4/c1-13-15-9-5-6-10-16(15)21-17(19(13)20(23)24-2)12-25-18(22)11-14-7-3-4-8-14/h3,5-7,9-10,14H,4,8,11-12H2,1-2H3/t14-/m0/s1. The topological polar surface area (TPSA) is 65.5 Å². The zero-order chi connectivity index (χ0) is 17.8. The van der Waals surface area contributed by atoms with E-state index in [1.807, 2.05) is 31.2 Å². The Kier molecular flexibility index (Phi) is 5.12. The van der Waals surface area contributed by atoms with Gasteiger partial charge in [0.05, 0.1) is 30.3 Å². The Hall–Kier alpha value is -2.69. The van der Waals surface area contributed by atoms with E-state index in [0.29, 0.717) is 17.7 Å². The normalized spacial score (nSPS) is 16.2. The average Bonchev–Trinajstić information content (AvgIpc) is 3.12. The highest BCUT2D eigenvalue weighted by atomic mass is 16.5. The van der Waals surface area contributed by atoms with E-state index in [2.05, 4.69) is 17.1 Å². The maximum Gasteiger partial charge on any atom is 0.340 e. The highest BCUT2D eigenvalue weighted by Gasteiger charge is 2.21. The summed E-state index contributed by atoms with van der Waals surface area (Å²) in [4.78, 5) is 28.8. The van der Waals surface area contributed by atoms with Crippen molar-refractivity contribution in [3.8, 4) is 0 Å². The van der Waals surface area contributed by atoms with E-state index in [0.717, 1.165) is 29.3 Å². The molecule has 0 spiro atoms. The summed E-state index contributed by atoms with van der Waals surface area (Å²) in [6.45, 7) is 1.82. The van der Waals surface area contributed by atoms with Gasteiger partial charge in [-0.05, 0) is 37.3 Å². The van der Waals surface area contributed by atoms with Crippen LogP contribution < -0.4 is 0 Å². The molecule has 130 valence electrons. The van der Waals surface area contributed by atoms with Crippen LogP contribution in [0, 0.1) is 12.8 Å². The van der Waals surface area contributed by atoms with E-state index >= 15 is 0 Å². The van der Waals surface area contributed by atoms with Crippen molar-refractivity contribution in [2.24, 2.45) is 5.92 Å². The Morgan fingerprint density at radius 2 is 2.08 bits per heavy atom. The number of rotatable bonds is 5. The van der Waals surface area contributed by atoms with Gasteiger partial charge in [-0.2, -0.15) is 0 Å². The molecule has 0 bridgehead atoms. The molecule has 1 aromatic carbocycles. The lowest BCUT2D eigenvalue weighted by atomic mass is 10.0. The minimum Gasteiger partial charge on any atom is -0.465 e. The molecule has 1 aliphatic rings. The van der Waals surface area contributed by atoms with Crippen LogP contribution in [0.25, 0.3) is 10.9 Å². The fourth-order valence-electron chi connectivity index (χ4n) is 3.21. The Balaban J connectivity index is 1.84. The van der Waals surface area contributed by atoms with Crippen molar-refractivity contribution in [2.45, 2.75) is 32.8 Å². The minimum atomic E-state index is -0.472. The van der Waals surface area contributed by atoms with Crippen LogP contribution in [-0.2, 0) is 20.9 Å². The molecule has 0 saturated heterocycles. The van der Waals surface area contributed by atoms with Crippen molar-refractivity contribution in [1.29, 1.82) is 0 Å². The summed E-state index contributed by atoms with van der Waals surface area (Å²) in [6, 6.07) is 7.56. The van der Waals surface area contributed by atoms with Crippen LogP contribution in [0.4, 0.5) is 0 Å². The molecule has 1 aliphatic carbocycles. The molecule has 2 aromatic rings. The molecule has 5 nitrogen and oxygen atoms in total. The number of aromatic nitrogens is 1. The van der Waals surface area contributed by atoms with Crippen LogP contribution in [0.1, 0.15) is 40.9 Å². The predicted octanol–water partition coefficient (Wildman–Crippen LogP) is 3.73. The smallest absolute Gasteiger partial charge is 0.340 e. The number of esters is 2. The monoisotopic (exact) mass is 339 g/mol. The molecule has 0 fully saturated rings. The second-order valence-electron chi connectivity index (χ2n) is 6.20. The molecule has 0 radical (unpaired) electrons. The van der Waals surface area contributed by atoms with Crippen molar-refractivity contribution >= 4 is 22.8 Å². The van der Waals surface area contributed by atoms with Gasteiger partial charge >= 0.3 is 11.9 Å². The van der Waals surface area contributed by atoms with Gasteiger partial charge in [0.1, 0.15) is 6.61 Å². The molecule has 25 heavy (non-hydrogen) atoms. The van der Waals surface area contributed by atoms with E-state index < -0.39 is 5.97 Å². The Labute approximate surface area is 146 Å². The number of nitrogens with zero attached hydrogens (tertiary/aromatic N) is 1. The van der Waals surface area contributed by atoms with Crippen LogP contribution in [-0.4, -0.2) is 24.0 Å².